The van der Waals surface area contributed by atoms with Crippen molar-refractivity contribution in [2.24, 2.45) is 0 Å². The van der Waals surface area contributed by atoms with Gasteiger partial charge in [0.25, 0.3) is 0 Å². The van der Waals surface area contributed by atoms with Gasteiger partial charge in [-0.2, -0.15) is 10.2 Å². The van der Waals surface area contributed by atoms with Crippen LogP contribution in [0.25, 0.3) is 22.5 Å². The second-order valence-corrected chi connectivity index (χ2v) is 10.2. The van der Waals surface area contributed by atoms with Gasteiger partial charge in [0.1, 0.15) is 12.4 Å². The van der Waals surface area contributed by atoms with Crippen molar-refractivity contribution in [1.82, 2.24) is 30.6 Å². The van der Waals surface area contributed by atoms with Gasteiger partial charge >= 0.3 is 5.97 Å². The molecule has 0 unspecified atom stereocenters. The Morgan fingerprint density at radius 3 is 2.40 bits per heavy atom. The molecule has 3 aromatic carbocycles. The summed E-state index contributed by atoms with van der Waals surface area (Å²) in [6.07, 6.45) is 5.05. The molecule has 0 aliphatic heterocycles. The van der Waals surface area contributed by atoms with Crippen LogP contribution in [0.5, 0.6) is 5.88 Å². The average Bonchev–Trinajstić information content (AvgIpc) is 3.56. The maximum absolute atomic E-state index is 11.6. The molecule has 2 N–H and O–H groups in total. The molecule has 0 fully saturated rings. The molecule has 214 valence electrons. The molecule has 0 radical (unpaired) electrons. The van der Waals surface area contributed by atoms with Crippen LogP contribution in [0.1, 0.15) is 71.7 Å². The number of carbonyl (C=O) groups is 1. The molecule has 0 amide bonds. The predicted octanol–water partition coefficient (Wildman–Crippen LogP) is 6.49. The lowest BCUT2D eigenvalue weighted by atomic mass is 9.98. The predicted molar refractivity (Wildman–Crippen MR) is 160 cm³/mol. The Kier molecular flexibility index (Phi) is 9.28. The molecule has 2 heterocycles. The standard InChI is InChI=1S/C33H34N6O3/c1-3-5-14-30-34-29(9-4-2)28(20-23-10-8-11-25(19-23)33(40)41)32(35-30)42-21-22-15-17-24(18-16-22)26-12-6-7-13-27(26)31-36-38-39-37-31/h6-8,10-13,15-19H,3-5,9,14,20-21H2,1-2H3,(H,40,41)(H,36,37,38,39). The monoisotopic (exact) mass is 562 g/mol. The van der Waals surface area contributed by atoms with Crippen LogP contribution in [-0.4, -0.2) is 41.7 Å². The maximum atomic E-state index is 11.6. The number of nitrogens with zero attached hydrogens (tertiary/aromatic N) is 5. The van der Waals surface area contributed by atoms with E-state index in [9.17, 15) is 9.90 Å². The number of aromatic nitrogens is 6. The van der Waals surface area contributed by atoms with E-state index in [1.54, 1.807) is 18.2 Å². The van der Waals surface area contributed by atoms with Gasteiger partial charge in [-0.3, -0.25) is 0 Å². The molecule has 0 saturated heterocycles. The highest BCUT2D eigenvalue weighted by Crippen LogP contribution is 2.30. The Morgan fingerprint density at radius 1 is 0.881 bits per heavy atom. The van der Waals surface area contributed by atoms with Gasteiger partial charge in [-0.15, -0.1) is 10.2 Å². The summed E-state index contributed by atoms with van der Waals surface area (Å²) in [6, 6.07) is 23.2. The fourth-order valence-corrected chi connectivity index (χ4v) is 4.90. The van der Waals surface area contributed by atoms with Gasteiger partial charge in [0.2, 0.25) is 11.7 Å². The van der Waals surface area contributed by atoms with Gasteiger partial charge in [-0.05, 0) is 52.4 Å². The maximum Gasteiger partial charge on any atom is 0.335 e. The van der Waals surface area contributed by atoms with Crippen molar-refractivity contribution in [3.8, 4) is 28.4 Å². The number of unbranched alkanes of at least 4 members (excludes halogenated alkanes) is 1. The smallest absolute Gasteiger partial charge is 0.335 e. The molecule has 0 saturated carbocycles. The first-order valence-corrected chi connectivity index (χ1v) is 14.3. The lowest BCUT2D eigenvalue weighted by Crippen LogP contribution is -2.11. The summed E-state index contributed by atoms with van der Waals surface area (Å²) in [6.45, 7) is 4.62. The summed E-state index contributed by atoms with van der Waals surface area (Å²) in [5.74, 6) is 0.945. The summed E-state index contributed by atoms with van der Waals surface area (Å²) >= 11 is 0. The van der Waals surface area contributed by atoms with Gasteiger partial charge < -0.3 is 9.84 Å². The van der Waals surface area contributed by atoms with Crippen LogP contribution in [0.15, 0.2) is 72.8 Å². The first-order chi connectivity index (χ1) is 20.6. The van der Waals surface area contributed by atoms with E-state index < -0.39 is 5.97 Å². The molecule has 42 heavy (non-hydrogen) atoms. The number of aromatic amines is 1. The number of hydrogen-bond donors (Lipinski definition) is 2. The zero-order valence-electron chi connectivity index (χ0n) is 23.9. The van der Waals surface area contributed by atoms with Crippen molar-refractivity contribution >= 4 is 5.97 Å². The van der Waals surface area contributed by atoms with E-state index >= 15 is 0 Å². The summed E-state index contributed by atoms with van der Waals surface area (Å²) in [5, 5.41) is 24.0. The van der Waals surface area contributed by atoms with E-state index in [4.69, 9.17) is 14.7 Å². The molecule has 0 bridgehead atoms. The summed E-state index contributed by atoms with van der Waals surface area (Å²) < 4.78 is 6.41. The third kappa shape index (κ3) is 6.86. The fourth-order valence-electron chi connectivity index (χ4n) is 4.90. The number of carboxylic acid groups (broad SMARTS) is 1. The zero-order valence-corrected chi connectivity index (χ0v) is 23.9. The summed E-state index contributed by atoms with van der Waals surface area (Å²) in [7, 11) is 0. The van der Waals surface area contributed by atoms with Crippen molar-refractivity contribution in [2.45, 2.75) is 59.0 Å². The Labute approximate surface area is 245 Å². The Hall–Kier alpha value is -4.92. The van der Waals surface area contributed by atoms with Crippen LogP contribution in [0.3, 0.4) is 0 Å². The summed E-state index contributed by atoms with van der Waals surface area (Å²) in [5.41, 5.74) is 6.95. The minimum Gasteiger partial charge on any atom is -0.478 e. The SMILES string of the molecule is CCCCc1nc(CCC)c(Cc2cccc(C(=O)O)c2)c(OCc2ccc(-c3ccccc3-c3nn[nH]n3)cc2)n1. The van der Waals surface area contributed by atoms with Crippen LogP contribution < -0.4 is 4.74 Å². The van der Waals surface area contributed by atoms with Gasteiger partial charge in [-0.1, -0.05) is 87.4 Å². The Balaban J connectivity index is 1.42. The van der Waals surface area contributed by atoms with Gasteiger partial charge in [-0.25, -0.2) is 9.78 Å². The molecule has 5 rings (SSSR count). The number of hydrogen-bond acceptors (Lipinski definition) is 7. The molecule has 9 heteroatoms. The third-order valence-corrected chi connectivity index (χ3v) is 7.05. The number of H-pyrrole nitrogens is 1. The topological polar surface area (TPSA) is 127 Å². The van der Waals surface area contributed by atoms with Gasteiger partial charge in [0.05, 0.1) is 11.3 Å². The minimum absolute atomic E-state index is 0.258. The highest BCUT2D eigenvalue weighted by atomic mass is 16.5. The van der Waals surface area contributed by atoms with Crippen LogP contribution in [0.4, 0.5) is 0 Å². The third-order valence-electron chi connectivity index (χ3n) is 7.05. The second kappa shape index (κ2) is 13.6. The average molecular weight is 563 g/mol. The van der Waals surface area contributed by atoms with Crippen LogP contribution in [0.2, 0.25) is 0 Å². The minimum atomic E-state index is -0.948. The fraction of sp³-hybridized carbons (Fsp3) is 0.273. The van der Waals surface area contributed by atoms with Gasteiger partial charge in [0, 0.05) is 24.0 Å². The zero-order chi connectivity index (χ0) is 29.3. The van der Waals surface area contributed by atoms with E-state index in [2.05, 4.69) is 46.6 Å². The van der Waals surface area contributed by atoms with Gasteiger partial charge in [0.15, 0.2) is 0 Å². The number of ether oxygens (including phenoxy) is 1. The van der Waals surface area contributed by atoms with Crippen LogP contribution in [0, 0.1) is 0 Å². The number of tetrazole rings is 1. The Bertz CT molecular complexity index is 1630. The summed E-state index contributed by atoms with van der Waals surface area (Å²) in [4.78, 5) is 21.4. The number of aromatic carboxylic acids is 1. The highest BCUT2D eigenvalue weighted by Gasteiger charge is 2.18. The van der Waals surface area contributed by atoms with E-state index in [-0.39, 0.29) is 5.56 Å². The number of nitrogens with one attached hydrogen (secondary N) is 1. The largest absolute Gasteiger partial charge is 0.478 e. The van der Waals surface area contributed by atoms with E-state index in [1.165, 1.54) is 0 Å². The molecule has 0 spiro atoms. The molecule has 0 aliphatic carbocycles. The number of rotatable bonds is 13. The molecular formula is C33H34N6O3. The molecular weight excluding hydrogens is 528 g/mol. The van der Waals surface area contributed by atoms with E-state index in [1.807, 2.05) is 42.5 Å². The number of benzene rings is 3. The van der Waals surface area contributed by atoms with Crippen molar-refractivity contribution in [3.63, 3.8) is 0 Å². The molecule has 5 aromatic rings. The molecule has 9 nitrogen and oxygen atoms in total. The number of carboxylic acids is 1. The van der Waals surface area contributed by atoms with Crippen LogP contribution >= 0.6 is 0 Å². The van der Waals surface area contributed by atoms with Crippen molar-refractivity contribution in [2.75, 3.05) is 0 Å². The van der Waals surface area contributed by atoms with Crippen molar-refractivity contribution in [1.29, 1.82) is 0 Å². The quantitative estimate of drug-likeness (QED) is 0.167. The van der Waals surface area contributed by atoms with Crippen molar-refractivity contribution in [3.05, 3.63) is 107 Å². The molecule has 2 aromatic heterocycles. The van der Waals surface area contributed by atoms with Crippen LogP contribution in [-0.2, 0) is 25.9 Å². The number of aryl methyl sites for hydroxylation is 2. The van der Waals surface area contributed by atoms with E-state index in [0.29, 0.717) is 24.7 Å². The first-order valence-electron chi connectivity index (χ1n) is 14.3. The normalized spacial score (nSPS) is 11.0. The highest BCUT2D eigenvalue weighted by molar-refractivity contribution is 5.87. The first kappa shape index (κ1) is 28.6. The lowest BCUT2D eigenvalue weighted by molar-refractivity contribution is 0.0696. The molecule has 0 atom stereocenters. The lowest BCUT2D eigenvalue weighted by Gasteiger charge is -2.17. The van der Waals surface area contributed by atoms with E-state index in [0.717, 1.165) is 77.0 Å². The molecule has 0 aliphatic rings. The second-order valence-electron chi connectivity index (χ2n) is 10.2. The van der Waals surface area contributed by atoms with Crippen molar-refractivity contribution < 1.29 is 14.6 Å². The Morgan fingerprint density at radius 2 is 1.69 bits per heavy atom.